The van der Waals surface area contributed by atoms with Crippen molar-refractivity contribution in [1.29, 1.82) is 0 Å². The number of fused-ring (bicyclic) bond motifs is 1. The summed E-state index contributed by atoms with van der Waals surface area (Å²) < 4.78 is 5.33. The van der Waals surface area contributed by atoms with Crippen LogP contribution in [0.15, 0.2) is 24.5 Å². The van der Waals surface area contributed by atoms with Crippen LogP contribution in [0.3, 0.4) is 0 Å². The lowest BCUT2D eigenvalue weighted by molar-refractivity contribution is 0.0943. The minimum Gasteiger partial charge on any atom is -0.449 e. The number of pyridine rings is 1. The van der Waals surface area contributed by atoms with E-state index >= 15 is 0 Å². The van der Waals surface area contributed by atoms with E-state index in [2.05, 4.69) is 19.9 Å². The molecule has 1 fully saturated rings. The van der Waals surface area contributed by atoms with Crippen molar-refractivity contribution in [2.24, 2.45) is 5.92 Å². The van der Waals surface area contributed by atoms with E-state index in [1.165, 1.54) is 0 Å². The first-order valence-electron chi connectivity index (χ1n) is 8.38. The normalized spacial score (nSPS) is 15.6. The first kappa shape index (κ1) is 16.4. The lowest BCUT2D eigenvalue weighted by Crippen LogP contribution is -2.36. The van der Waals surface area contributed by atoms with Crippen molar-refractivity contribution in [3.8, 4) is 0 Å². The van der Waals surface area contributed by atoms with E-state index < -0.39 is 0 Å². The second kappa shape index (κ2) is 7.42. The van der Waals surface area contributed by atoms with Gasteiger partial charge in [0.2, 0.25) is 0 Å². The van der Waals surface area contributed by atoms with Gasteiger partial charge < -0.3 is 14.5 Å². The fourth-order valence-electron chi connectivity index (χ4n) is 2.68. The van der Waals surface area contributed by atoms with Crippen molar-refractivity contribution in [2.45, 2.75) is 20.3 Å². The van der Waals surface area contributed by atoms with Crippen molar-refractivity contribution in [3.05, 3.63) is 24.5 Å². The van der Waals surface area contributed by atoms with E-state index in [9.17, 15) is 4.79 Å². The number of ether oxygens (including phenoxy) is 1. The van der Waals surface area contributed by atoms with Crippen LogP contribution in [0.4, 0.5) is 10.6 Å². The maximum Gasteiger partial charge on any atom is 0.409 e. The molecule has 0 aromatic carbocycles. The van der Waals surface area contributed by atoms with Gasteiger partial charge in [-0.15, -0.1) is 0 Å². The van der Waals surface area contributed by atoms with Gasteiger partial charge in [-0.2, -0.15) is 0 Å². The molecule has 3 heterocycles. The Labute approximate surface area is 141 Å². The van der Waals surface area contributed by atoms with E-state index in [0.717, 1.165) is 30.8 Å². The Morgan fingerprint density at radius 2 is 2.00 bits per heavy atom. The zero-order valence-electron chi connectivity index (χ0n) is 14.2. The zero-order valence-corrected chi connectivity index (χ0v) is 14.2. The van der Waals surface area contributed by atoms with Crippen molar-refractivity contribution in [3.63, 3.8) is 0 Å². The van der Waals surface area contributed by atoms with Crippen LogP contribution in [0.2, 0.25) is 0 Å². The molecule has 24 heavy (non-hydrogen) atoms. The molecule has 3 rings (SSSR count). The topological polar surface area (TPSA) is 71.5 Å². The number of hydrogen-bond acceptors (Lipinski definition) is 6. The Bertz CT molecular complexity index is 706. The predicted molar refractivity (Wildman–Crippen MR) is 91.9 cm³/mol. The molecule has 0 N–H and O–H groups in total. The average Bonchev–Trinajstić information content (AvgIpc) is 2.85. The third kappa shape index (κ3) is 3.90. The molecule has 0 atom stereocenters. The highest BCUT2D eigenvalue weighted by atomic mass is 16.6. The minimum absolute atomic E-state index is 0.220. The Hall–Kier alpha value is -2.44. The van der Waals surface area contributed by atoms with Gasteiger partial charge in [0.1, 0.15) is 11.3 Å². The van der Waals surface area contributed by atoms with Crippen molar-refractivity contribution in [2.75, 3.05) is 37.7 Å². The molecule has 1 aliphatic heterocycles. The molecule has 1 amide bonds. The monoisotopic (exact) mass is 329 g/mol. The Kier molecular flexibility index (Phi) is 5.08. The molecule has 0 aliphatic carbocycles. The van der Waals surface area contributed by atoms with Crippen LogP contribution in [-0.2, 0) is 4.74 Å². The van der Waals surface area contributed by atoms with Gasteiger partial charge in [-0.1, -0.05) is 13.8 Å². The Morgan fingerprint density at radius 1 is 1.17 bits per heavy atom. The van der Waals surface area contributed by atoms with Crippen LogP contribution in [0.25, 0.3) is 11.2 Å². The Balaban J connectivity index is 1.65. The number of aromatic nitrogens is 3. The van der Waals surface area contributed by atoms with Crippen LogP contribution in [0.1, 0.15) is 20.3 Å². The fourth-order valence-corrected chi connectivity index (χ4v) is 2.68. The number of rotatable bonds is 3. The van der Waals surface area contributed by atoms with E-state index in [1.807, 2.05) is 26.0 Å². The summed E-state index contributed by atoms with van der Waals surface area (Å²) in [7, 11) is 0. The van der Waals surface area contributed by atoms with Crippen LogP contribution in [-0.4, -0.2) is 58.7 Å². The molecule has 0 radical (unpaired) electrons. The third-order valence-corrected chi connectivity index (χ3v) is 3.94. The highest BCUT2D eigenvalue weighted by molar-refractivity contribution is 5.72. The van der Waals surface area contributed by atoms with E-state index in [-0.39, 0.29) is 6.09 Å². The van der Waals surface area contributed by atoms with Gasteiger partial charge >= 0.3 is 6.09 Å². The van der Waals surface area contributed by atoms with Gasteiger partial charge in [-0.05, 0) is 24.5 Å². The molecule has 1 aliphatic rings. The lowest BCUT2D eigenvalue weighted by Gasteiger charge is -2.22. The summed E-state index contributed by atoms with van der Waals surface area (Å²) in [6.45, 7) is 7.46. The molecule has 7 nitrogen and oxygen atoms in total. The maximum absolute atomic E-state index is 12.1. The molecule has 2 aromatic heterocycles. The number of carbonyl (C=O) groups excluding carboxylic acids is 1. The van der Waals surface area contributed by atoms with Gasteiger partial charge in [-0.3, -0.25) is 4.98 Å². The summed E-state index contributed by atoms with van der Waals surface area (Å²) in [5.74, 6) is 1.22. The largest absolute Gasteiger partial charge is 0.449 e. The second-order valence-corrected chi connectivity index (χ2v) is 6.37. The molecule has 0 unspecified atom stereocenters. The zero-order chi connectivity index (χ0) is 16.9. The van der Waals surface area contributed by atoms with Crippen molar-refractivity contribution >= 4 is 23.1 Å². The molecular weight excluding hydrogens is 306 g/mol. The summed E-state index contributed by atoms with van der Waals surface area (Å²) in [5, 5.41) is 0. The van der Waals surface area contributed by atoms with E-state index in [4.69, 9.17) is 4.74 Å². The van der Waals surface area contributed by atoms with E-state index in [1.54, 1.807) is 17.3 Å². The first-order chi connectivity index (χ1) is 11.6. The number of hydrogen-bond donors (Lipinski definition) is 0. The van der Waals surface area contributed by atoms with Crippen molar-refractivity contribution < 1.29 is 9.53 Å². The van der Waals surface area contributed by atoms with Gasteiger partial charge in [0.25, 0.3) is 0 Å². The summed E-state index contributed by atoms with van der Waals surface area (Å²) >= 11 is 0. The minimum atomic E-state index is -0.220. The van der Waals surface area contributed by atoms with Gasteiger partial charge in [0, 0.05) is 38.6 Å². The Morgan fingerprint density at radius 3 is 2.83 bits per heavy atom. The molecule has 2 aromatic rings. The summed E-state index contributed by atoms with van der Waals surface area (Å²) in [6.07, 6.45) is 3.98. The third-order valence-electron chi connectivity index (χ3n) is 3.94. The van der Waals surface area contributed by atoms with Crippen molar-refractivity contribution in [1.82, 2.24) is 19.9 Å². The number of anilines is 1. The number of amides is 1. The van der Waals surface area contributed by atoms with Gasteiger partial charge in [0.05, 0.1) is 6.61 Å². The SMILES string of the molecule is CC(C)COC(=O)N1CCCN(c2ccc3nccnc3n2)CC1. The van der Waals surface area contributed by atoms with Gasteiger partial charge in [0.15, 0.2) is 5.65 Å². The van der Waals surface area contributed by atoms with E-state index in [0.29, 0.717) is 31.3 Å². The average molecular weight is 329 g/mol. The highest BCUT2D eigenvalue weighted by Crippen LogP contribution is 2.17. The molecule has 0 bridgehead atoms. The lowest BCUT2D eigenvalue weighted by atomic mass is 10.2. The molecule has 7 heteroatoms. The maximum atomic E-state index is 12.1. The molecule has 128 valence electrons. The fraction of sp³-hybridized carbons (Fsp3) is 0.529. The molecule has 0 spiro atoms. The summed E-state index contributed by atoms with van der Waals surface area (Å²) in [4.78, 5) is 29.2. The molecule has 0 saturated carbocycles. The smallest absolute Gasteiger partial charge is 0.409 e. The second-order valence-electron chi connectivity index (χ2n) is 6.37. The summed E-state index contributed by atoms with van der Waals surface area (Å²) in [5.41, 5.74) is 1.43. The van der Waals surface area contributed by atoms with Crippen LogP contribution >= 0.6 is 0 Å². The molecular formula is C17H23N5O2. The van der Waals surface area contributed by atoms with Crippen LogP contribution in [0, 0.1) is 5.92 Å². The summed E-state index contributed by atoms with van der Waals surface area (Å²) in [6, 6.07) is 3.90. The number of carbonyl (C=O) groups is 1. The quantitative estimate of drug-likeness (QED) is 0.860. The number of nitrogens with zero attached hydrogens (tertiary/aromatic N) is 5. The predicted octanol–water partition coefficient (Wildman–Crippen LogP) is 2.33. The highest BCUT2D eigenvalue weighted by Gasteiger charge is 2.21. The van der Waals surface area contributed by atoms with Crippen LogP contribution < -0.4 is 4.90 Å². The standard InChI is InChI=1S/C17H23N5O2/c1-13(2)12-24-17(23)22-9-3-8-21(10-11-22)15-5-4-14-16(20-15)19-7-6-18-14/h4-7,13H,3,8-12H2,1-2H3. The van der Waals surface area contributed by atoms with Gasteiger partial charge in [-0.25, -0.2) is 14.8 Å². The molecule has 1 saturated heterocycles. The van der Waals surface area contributed by atoms with Crippen LogP contribution in [0.5, 0.6) is 0 Å². The first-order valence-corrected chi connectivity index (χ1v) is 8.38.